The Balaban J connectivity index is 1.33. The SMILES string of the molecule is O=C(C=Cc1ccc(Cl)c(Cl)c1)Oc1ccc2c(=O)c(Oc3ccc4ccccc4c3)coc2c1. The minimum atomic E-state index is -0.603. The summed E-state index contributed by atoms with van der Waals surface area (Å²) >= 11 is 11.9. The maximum absolute atomic E-state index is 12.9. The fourth-order valence-electron chi connectivity index (χ4n) is 3.51. The van der Waals surface area contributed by atoms with E-state index >= 15 is 0 Å². The van der Waals surface area contributed by atoms with E-state index in [4.69, 9.17) is 37.1 Å². The molecule has 0 unspecified atom stereocenters. The van der Waals surface area contributed by atoms with Crippen molar-refractivity contribution in [3.8, 4) is 17.2 Å². The van der Waals surface area contributed by atoms with Gasteiger partial charge in [-0.25, -0.2) is 4.79 Å². The zero-order chi connectivity index (χ0) is 24.4. The Morgan fingerprint density at radius 3 is 2.46 bits per heavy atom. The first kappa shape index (κ1) is 22.7. The summed E-state index contributed by atoms with van der Waals surface area (Å²) in [5.41, 5.74) is 0.622. The number of hydrogen-bond acceptors (Lipinski definition) is 5. The van der Waals surface area contributed by atoms with Gasteiger partial charge in [-0.1, -0.05) is 59.6 Å². The third-order valence-corrected chi connectivity index (χ3v) is 5.98. The summed E-state index contributed by atoms with van der Waals surface area (Å²) in [5.74, 6) is 0.207. The molecule has 0 amide bonds. The van der Waals surface area contributed by atoms with E-state index < -0.39 is 5.97 Å². The van der Waals surface area contributed by atoms with E-state index in [1.807, 2.05) is 36.4 Å². The summed E-state index contributed by atoms with van der Waals surface area (Å²) < 4.78 is 16.7. The molecule has 0 aliphatic carbocycles. The fraction of sp³-hybridized carbons (Fsp3) is 0. The molecule has 0 aliphatic heterocycles. The van der Waals surface area contributed by atoms with E-state index in [1.165, 1.54) is 30.5 Å². The minimum Gasteiger partial charge on any atom is -0.460 e. The summed E-state index contributed by atoms with van der Waals surface area (Å²) in [7, 11) is 0. The van der Waals surface area contributed by atoms with E-state index in [1.54, 1.807) is 30.3 Å². The first-order valence-corrected chi connectivity index (χ1v) is 11.3. The van der Waals surface area contributed by atoms with Crippen LogP contribution in [0, 0.1) is 0 Å². The lowest BCUT2D eigenvalue weighted by atomic mass is 10.1. The van der Waals surface area contributed by atoms with Crippen molar-refractivity contribution in [2.75, 3.05) is 0 Å². The number of carbonyl (C=O) groups excluding carboxylic acids is 1. The number of rotatable bonds is 5. The van der Waals surface area contributed by atoms with Gasteiger partial charge in [-0.15, -0.1) is 0 Å². The van der Waals surface area contributed by atoms with E-state index in [0.29, 0.717) is 26.7 Å². The van der Waals surface area contributed by atoms with Crippen molar-refractivity contribution >= 4 is 57.0 Å². The predicted octanol–water partition coefficient (Wildman–Crippen LogP) is 7.66. The number of halogens is 2. The quantitative estimate of drug-likeness (QED) is 0.140. The normalized spacial score (nSPS) is 11.3. The van der Waals surface area contributed by atoms with Gasteiger partial charge in [0.25, 0.3) is 0 Å². The number of ether oxygens (including phenoxy) is 2. The van der Waals surface area contributed by atoms with Crippen LogP contribution in [0.1, 0.15) is 5.56 Å². The Bertz CT molecular complexity index is 1670. The van der Waals surface area contributed by atoms with Gasteiger partial charge in [0, 0.05) is 12.1 Å². The number of esters is 1. The largest absolute Gasteiger partial charge is 0.460 e. The molecule has 5 nitrogen and oxygen atoms in total. The van der Waals surface area contributed by atoms with Crippen LogP contribution in [0.15, 0.2) is 100 Å². The van der Waals surface area contributed by atoms with Crippen LogP contribution >= 0.6 is 23.2 Å². The van der Waals surface area contributed by atoms with E-state index in [9.17, 15) is 9.59 Å². The highest BCUT2D eigenvalue weighted by molar-refractivity contribution is 6.42. The van der Waals surface area contributed by atoms with Crippen molar-refractivity contribution in [3.63, 3.8) is 0 Å². The highest BCUT2D eigenvalue weighted by Gasteiger charge is 2.12. The lowest BCUT2D eigenvalue weighted by molar-refractivity contribution is -0.128. The molecule has 1 aromatic heterocycles. The van der Waals surface area contributed by atoms with Crippen molar-refractivity contribution in [1.29, 1.82) is 0 Å². The molecule has 0 N–H and O–H groups in total. The zero-order valence-corrected chi connectivity index (χ0v) is 19.5. The maximum atomic E-state index is 12.9. The molecular formula is C28H16Cl2O5. The molecule has 0 bridgehead atoms. The van der Waals surface area contributed by atoms with E-state index in [2.05, 4.69) is 0 Å². The molecule has 5 aromatic rings. The summed E-state index contributed by atoms with van der Waals surface area (Å²) in [6, 6.07) is 22.9. The van der Waals surface area contributed by atoms with Crippen LogP contribution in [-0.2, 0) is 4.79 Å². The Morgan fingerprint density at radius 2 is 1.63 bits per heavy atom. The minimum absolute atomic E-state index is 0.0575. The van der Waals surface area contributed by atoms with Gasteiger partial charge in [0.05, 0.1) is 15.4 Å². The Kier molecular flexibility index (Phi) is 6.27. The van der Waals surface area contributed by atoms with Crippen molar-refractivity contribution in [3.05, 3.63) is 117 Å². The lowest BCUT2D eigenvalue weighted by Crippen LogP contribution is -2.06. The molecule has 0 spiro atoms. The van der Waals surface area contributed by atoms with Crippen LogP contribution in [0.2, 0.25) is 10.0 Å². The Labute approximate surface area is 209 Å². The van der Waals surface area contributed by atoms with E-state index in [0.717, 1.165) is 10.8 Å². The molecule has 35 heavy (non-hydrogen) atoms. The number of fused-ring (bicyclic) bond motifs is 2. The van der Waals surface area contributed by atoms with Gasteiger partial charge >= 0.3 is 5.97 Å². The highest BCUT2D eigenvalue weighted by Crippen LogP contribution is 2.27. The van der Waals surface area contributed by atoms with Gasteiger partial charge < -0.3 is 13.9 Å². The van der Waals surface area contributed by atoms with Crippen molar-refractivity contribution in [2.24, 2.45) is 0 Å². The van der Waals surface area contributed by atoms with Gasteiger partial charge in [0.1, 0.15) is 23.3 Å². The third-order valence-electron chi connectivity index (χ3n) is 5.24. The molecule has 172 valence electrons. The van der Waals surface area contributed by atoms with E-state index in [-0.39, 0.29) is 22.5 Å². The number of hydrogen-bond donors (Lipinski definition) is 0. The van der Waals surface area contributed by atoms with Gasteiger partial charge in [-0.05, 0) is 58.8 Å². The fourth-order valence-corrected chi connectivity index (χ4v) is 3.82. The number of carbonyl (C=O) groups is 1. The van der Waals surface area contributed by atoms with Gasteiger partial charge in [-0.2, -0.15) is 0 Å². The monoisotopic (exact) mass is 502 g/mol. The van der Waals surface area contributed by atoms with Crippen LogP contribution in [-0.4, -0.2) is 5.97 Å². The van der Waals surface area contributed by atoms with Gasteiger partial charge in [-0.3, -0.25) is 4.79 Å². The molecule has 7 heteroatoms. The average Bonchev–Trinajstić information content (AvgIpc) is 2.86. The second kappa shape index (κ2) is 9.66. The molecule has 4 aromatic carbocycles. The second-order valence-electron chi connectivity index (χ2n) is 7.63. The Hall–Kier alpha value is -4.06. The summed E-state index contributed by atoms with van der Waals surface area (Å²) in [6.45, 7) is 0. The molecule has 0 radical (unpaired) electrons. The molecule has 0 saturated heterocycles. The standard InChI is InChI=1S/C28H16Cl2O5/c29-23-11-5-17(13-24(23)30)6-12-27(31)35-21-9-10-22-25(15-21)33-16-26(28(22)32)34-20-8-7-18-3-1-2-4-19(18)14-20/h1-16H. The first-order valence-electron chi connectivity index (χ1n) is 10.5. The smallest absolute Gasteiger partial charge is 0.336 e. The molecule has 0 aliphatic rings. The van der Waals surface area contributed by atoms with Gasteiger partial charge in [0.15, 0.2) is 0 Å². The van der Waals surface area contributed by atoms with Crippen LogP contribution in [0.3, 0.4) is 0 Å². The molecule has 0 saturated carbocycles. The predicted molar refractivity (Wildman–Crippen MR) is 138 cm³/mol. The maximum Gasteiger partial charge on any atom is 0.336 e. The number of benzene rings is 4. The molecule has 0 fully saturated rings. The molecule has 1 heterocycles. The summed E-state index contributed by atoms with van der Waals surface area (Å²) in [5, 5.41) is 3.18. The Morgan fingerprint density at radius 1 is 0.829 bits per heavy atom. The molecule has 5 rings (SSSR count). The third kappa shape index (κ3) is 5.06. The lowest BCUT2D eigenvalue weighted by Gasteiger charge is -2.07. The average molecular weight is 503 g/mol. The first-order chi connectivity index (χ1) is 17.0. The van der Waals surface area contributed by atoms with Crippen molar-refractivity contribution in [2.45, 2.75) is 0 Å². The zero-order valence-electron chi connectivity index (χ0n) is 18.0. The molecule has 0 atom stereocenters. The van der Waals surface area contributed by atoms with Crippen LogP contribution in [0.25, 0.3) is 27.8 Å². The van der Waals surface area contributed by atoms with Crippen molar-refractivity contribution < 1.29 is 18.7 Å². The molecular weight excluding hydrogens is 487 g/mol. The summed E-state index contributed by atoms with van der Waals surface area (Å²) in [4.78, 5) is 25.1. The topological polar surface area (TPSA) is 65.7 Å². The van der Waals surface area contributed by atoms with Crippen molar-refractivity contribution in [1.82, 2.24) is 0 Å². The summed E-state index contributed by atoms with van der Waals surface area (Å²) in [6.07, 6.45) is 4.07. The van der Waals surface area contributed by atoms with Gasteiger partial charge in [0.2, 0.25) is 11.2 Å². The highest BCUT2D eigenvalue weighted by atomic mass is 35.5. The second-order valence-corrected chi connectivity index (χ2v) is 8.44. The van der Waals surface area contributed by atoms with Crippen LogP contribution in [0.5, 0.6) is 17.2 Å². The van der Waals surface area contributed by atoms with Crippen LogP contribution < -0.4 is 14.9 Å². The van der Waals surface area contributed by atoms with Crippen LogP contribution in [0.4, 0.5) is 0 Å².